The number of phosphoric ester groups is 1. The van der Waals surface area contributed by atoms with Crippen LogP contribution in [0.2, 0.25) is 0 Å². The van der Waals surface area contributed by atoms with Gasteiger partial charge in [0.2, 0.25) is 0 Å². The molecular formula is C11H15N5O7P+. The molecule has 24 heavy (non-hydrogen) atoms. The van der Waals surface area contributed by atoms with Gasteiger partial charge in [0.1, 0.15) is 17.8 Å². The third-order valence-corrected chi connectivity index (χ3v) is 3.82. The Labute approximate surface area is 135 Å². The lowest BCUT2D eigenvalue weighted by molar-refractivity contribution is -0.760. The van der Waals surface area contributed by atoms with E-state index in [1.54, 1.807) is 0 Å². The van der Waals surface area contributed by atoms with Gasteiger partial charge in [-0.25, -0.2) is 4.57 Å². The molecule has 0 aromatic carbocycles. The van der Waals surface area contributed by atoms with E-state index in [2.05, 4.69) is 14.5 Å². The fourth-order valence-corrected chi connectivity index (χ4v) is 2.61. The number of carbonyl (C=O) groups excluding carboxylic acids is 1. The Hall–Kier alpha value is -2.04. The minimum Gasteiger partial charge on any atom is -0.389 e. The molecule has 130 valence electrons. The molecule has 1 aromatic rings. The van der Waals surface area contributed by atoms with Gasteiger partial charge in [-0.1, -0.05) is 5.11 Å². The summed E-state index contributed by atoms with van der Waals surface area (Å²) >= 11 is 0. The second-order valence-corrected chi connectivity index (χ2v) is 6.18. The summed E-state index contributed by atoms with van der Waals surface area (Å²) in [5.41, 5.74) is 14.0. The van der Waals surface area contributed by atoms with Crippen LogP contribution in [0.5, 0.6) is 0 Å². The number of azide groups is 1. The van der Waals surface area contributed by atoms with Crippen LogP contribution < -0.4 is 10.3 Å². The van der Waals surface area contributed by atoms with E-state index in [4.69, 9.17) is 25.8 Å². The van der Waals surface area contributed by atoms with Crippen molar-refractivity contribution < 1.29 is 38.1 Å². The Kier molecular flexibility index (Phi) is 5.52. The molecule has 1 fully saturated rings. The summed E-state index contributed by atoms with van der Waals surface area (Å²) in [6.45, 7) is -0.616. The third-order valence-electron chi connectivity index (χ3n) is 3.33. The quantitative estimate of drug-likeness (QED) is 0.166. The molecule has 12 nitrogen and oxygen atoms in total. The van der Waals surface area contributed by atoms with Crippen LogP contribution in [0.25, 0.3) is 10.4 Å². The van der Waals surface area contributed by atoms with Crippen molar-refractivity contribution in [2.75, 3.05) is 6.61 Å². The normalized spacial score (nSPS) is 26.8. The number of amides is 1. The molecule has 1 aromatic heterocycles. The zero-order valence-electron chi connectivity index (χ0n) is 12.1. The van der Waals surface area contributed by atoms with E-state index in [1.165, 1.54) is 29.1 Å². The Balaban J connectivity index is 2.27. The SMILES string of the molecule is [N-]=[N+]=NC1C([n+]2cccc(C(N)=O)c2)OC(COP(=O)(O)O)[C@H]1O. The molecule has 2 rings (SSSR count). The number of aromatic nitrogens is 1. The van der Waals surface area contributed by atoms with Gasteiger partial charge in [0, 0.05) is 11.0 Å². The van der Waals surface area contributed by atoms with E-state index in [-0.39, 0.29) is 5.56 Å². The van der Waals surface area contributed by atoms with Gasteiger partial charge in [0.15, 0.2) is 18.4 Å². The van der Waals surface area contributed by atoms with E-state index < -0.39 is 44.8 Å². The molecule has 0 saturated carbocycles. The number of primary amides is 1. The Morgan fingerprint density at radius 2 is 2.29 bits per heavy atom. The molecule has 0 radical (unpaired) electrons. The van der Waals surface area contributed by atoms with Gasteiger partial charge in [-0.15, -0.1) is 0 Å². The standard InChI is InChI=1S/C11H14N5O7P/c12-10(18)6-2-1-3-16(4-6)11-8(14-15-13)9(17)7(23-11)5-22-24(19,20)21/h1-4,7-9,11,17H,5H2,(H3-,12,18,19,20,21)/p+1/t7?,8?,9-,11?/m1/s1. The number of nitrogens with zero attached hydrogens (tertiary/aromatic N) is 4. The molecule has 5 N–H and O–H groups in total. The number of hydrogen-bond donors (Lipinski definition) is 4. The highest BCUT2D eigenvalue weighted by Crippen LogP contribution is 2.38. The van der Waals surface area contributed by atoms with Crippen LogP contribution in [0, 0.1) is 0 Å². The van der Waals surface area contributed by atoms with Crippen molar-refractivity contribution in [1.82, 2.24) is 0 Å². The van der Waals surface area contributed by atoms with Crippen LogP contribution in [0.15, 0.2) is 29.6 Å². The predicted octanol–water partition coefficient (Wildman–Crippen LogP) is -0.880. The third kappa shape index (κ3) is 4.28. The van der Waals surface area contributed by atoms with Crippen molar-refractivity contribution in [1.29, 1.82) is 0 Å². The number of nitrogens with two attached hydrogens (primary N) is 1. The lowest BCUT2D eigenvalue weighted by atomic mass is 10.1. The second kappa shape index (κ2) is 7.24. The summed E-state index contributed by atoms with van der Waals surface area (Å²) in [7, 11) is -4.75. The fraction of sp³-hybridized carbons (Fsp3) is 0.455. The number of rotatable bonds is 6. The van der Waals surface area contributed by atoms with Gasteiger partial charge < -0.3 is 25.4 Å². The molecule has 0 bridgehead atoms. The van der Waals surface area contributed by atoms with Gasteiger partial charge in [0.25, 0.3) is 12.1 Å². The molecule has 0 aliphatic carbocycles. The van der Waals surface area contributed by atoms with E-state index in [1.807, 2.05) is 0 Å². The van der Waals surface area contributed by atoms with Gasteiger partial charge in [-0.3, -0.25) is 9.32 Å². The number of phosphoric acid groups is 1. The first-order chi connectivity index (χ1) is 11.2. The van der Waals surface area contributed by atoms with Gasteiger partial charge in [-0.05, 0) is 11.6 Å². The maximum absolute atomic E-state index is 11.2. The second-order valence-electron chi connectivity index (χ2n) is 4.94. The number of aliphatic hydroxyl groups is 1. The topological polar surface area (TPSA) is 192 Å². The molecule has 0 spiro atoms. The molecule has 2 heterocycles. The van der Waals surface area contributed by atoms with Crippen molar-refractivity contribution in [2.45, 2.75) is 24.5 Å². The summed E-state index contributed by atoms with van der Waals surface area (Å²) in [6.07, 6.45) is -0.701. The fourth-order valence-electron chi connectivity index (χ4n) is 2.27. The van der Waals surface area contributed by atoms with Crippen molar-refractivity contribution in [3.8, 4) is 0 Å². The summed E-state index contributed by atoms with van der Waals surface area (Å²) in [4.78, 5) is 31.3. The number of pyridine rings is 1. The Morgan fingerprint density at radius 1 is 1.58 bits per heavy atom. The summed E-state index contributed by atoms with van der Waals surface area (Å²) < 4.78 is 21.9. The van der Waals surface area contributed by atoms with Gasteiger partial charge >= 0.3 is 7.82 Å². The molecule has 1 saturated heterocycles. The van der Waals surface area contributed by atoms with E-state index in [0.29, 0.717) is 0 Å². The highest BCUT2D eigenvalue weighted by Gasteiger charge is 2.49. The van der Waals surface area contributed by atoms with Crippen LogP contribution >= 0.6 is 7.82 Å². The highest BCUT2D eigenvalue weighted by molar-refractivity contribution is 7.46. The van der Waals surface area contributed by atoms with E-state index in [9.17, 15) is 14.5 Å². The molecule has 1 amide bonds. The predicted molar refractivity (Wildman–Crippen MR) is 76.0 cm³/mol. The molecule has 4 atom stereocenters. The van der Waals surface area contributed by atoms with E-state index in [0.717, 1.165) is 0 Å². The molecular weight excluding hydrogens is 345 g/mol. The lowest BCUT2D eigenvalue weighted by Crippen LogP contribution is -2.45. The maximum Gasteiger partial charge on any atom is 0.469 e. The zero-order chi connectivity index (χ0) is 17.9. The number of carbonyl (C=O) groups is 1. The van der Waals surface area contributed by atoms with Crippen LogP contribution in [-0.2, 0) is 13.8 Å². The summed E-state index contributed by atoms with van der Waals surface area (Å²) in [5, 5.41) is 13.6. The van der Waals surface area contributed by atoms with Crippen LogP contribution in [0.3, 0.4) is 0 Å². The molecule has 1 aliphatic rings. The van der Waals surface area contributed by atoms with Gasteiger partial charge in [0.05, 0.1) is 6.61 Å². The minimum absolute atomic E-state index is 0.158. The summed E-state index contributed by atoms with van der Waals surface area (Å²) in [5.74, 6) is -0.690. The number of hydrogen-bond acceptors (Lipinski definition) is 6. The van der Waals surface area contributed by atoms with Crippen LogP contribution in [0.4, 0.5) is 0 Å². The van der Waals surface area contributed by atoms with Gasteiger partial charge in [-0.2, -0.15) is 4.57 Å². The molecule has 3 unspecified atom stereocenters. The monoisotopic (exact) mass is 360 g/mol. The van der Waals surface area contributed by atoms with E-state index >= 15 is 0 Å². The lowest BCUT2D eigenvalue weighted by Gasteiger charge is -2.14. The zero-order valence-corrected chi connectivity index (χ0v) is 13.0. The first-order valence-corrected chi connectivity index (χ1v) is 8.14. The summed E-state index contributed by atoms with van der Waals surface area (Å²) in [6, 6.07) is 1.86. The average Bonchev–Trinajstić information content (AvgIpc) is 2.82. The number of aliphatic hydroxyl groups excluding tert-OH is 1. The molecule has 1 aliphatic heterocycles. The highest BCUT2D eigenvalue weighted by atomic mass is 31.2. The minimum atomic E-state index is -4.75. The largest absolute Gasteiger partial charge is 0.469 e. The first kappa shape index (κ1) is 18.3. The smallest absolute Gasteiger partial charge is 0.389 e. The van der Waals surface area contributed by atoms with Crippen molar-refractivity contribution in [3.05, 3.63) is 40.5 Å². The van der Waals surface area contributed by atoms with Crippen molar-refractivity contribution >= 4 is 13.7 Å². The Bertz CT molecular complexity index is 718. The molecule has 13 heteroatoms. The average molecular weight is 360 g/mol. The van der Waals surface area contributed by atoms with Crippen LogP contribution in [-0.4, -0.2) is 45.7 Å². The number of ether oxygens (including phenoxy) is 1. The van der Waals surface area contributed by atoms with Crippen molar-refractivity contribution in [2.24, 2.45) is 10.8 Å². The first-order valence-electron chi connectivity index (χ1n) is 6.61. The Morgan fingerprint density at radius 3 is 2.88 bits per heavy atom. The van der Waals surface area contributed by atoms with Crippen LogP contribution in [0.1, 0.15) is 16.6 Å². The van der Waals surface area contributed by atoms with Crippen molar-refractivity contribution in [3.63, 3.8) is 0 Å². The maximum atomic E-state index is 11.2.